The molecule has 1 rings (SSSR count). The molecule has 106 valence electrons. The summed E-state index contributed by atoms with van der Waals surface area (Å²) in [6.45, 7) is 8.67. The van der Waals surface area contributed by atoms with Gasteiger partial charge in [-0.1, -0.05) is 13.8 Å². The molecule has 0 bridgehead atoms. The molecule has 1 aliphatic heterocycles. The zero-order valence-electron chi connectivity index (χ0n) is 12.0. The fraction of sp³-hybridized carbons (Fsp3) is 0.929. The van der Waals surface area contributed by atoms with Crippen molar-refractivity contribution in [3.8, 4) is 0 Å². The van der Waals surface area contributed by atoms with E-state index in [0.29, 0.717) is 12.0 Å². The summed E-state index contributed by atoms with van der Waals surface area (Å²) in [5, 5.41) is 6.20. The molecule has 18 heavy (non-hydrogen) atoms. The highest BCUT2D eigenvalue weighted by Gasteiger charge is 2.15. The molecule has 1 amide bonds. The first kappa shape index (κ1) is 15.4. The van der Waals surface area contributed by atoms with Gasteiger partial charge in [0.1, 0.15) is 0 Å². The molecule has 2 N–H and O–H groups in total. The minimum Gasteiger partial charge on any atom is -0.378 e. The van der Waals surface area contributed by atoms with Crippen LogP contribution in [0.4, 0.5) is 0 Å². The van der Waals surface area contributed by atoms with Crippen molar-refractivity contribution in [2.24, 2.45) is 5.92 Å². The molecular formula is C14H28N2O2. The van der Waals surface area contributed by atoms with Gasteiger partial charge in [-0.3, -0.25) is 4.79 Å². The van der Waals surface area contributed by atoms with Gasteiger partial charge in [0, 0.05) is 13.2 Å². The van der Waals surface area contributed by atoms with Gasteiger partial charge in [-0.15, -0.1) is 0 Å². The molecule has 0 aromatic rings. The quantitative estimate of drug-likeness (QED) is 0.650. The predicted octanol–water partition coefficient (Wildman–Crippen LogP) is 1.70. The van der Waals surface area contributed by atoms with Crippen molar-refractivity contribution in [3.63, 3.8) is 0 Å². The Morgan fingerprint density at radius 1 is 1.39 bits per heavy atom. The lowest BCUT2D eigenvalue weighted by molar-refractivity contribution is -0.122. The van der Waals surface area contributed by atoms with Crippen molar-refractivity contribution in [2.45, 2.75) is 58.6 Å². The molecule has 0 saturated carbocycles. The second kappa shape index (κ2) is 8.48. The van der Waals surface area contributed by atoms with Crippen LogP contribution in [0, 0.1) is 5.92 Å². The highest BCUT2D eigenvalue weighted by atomic mass is 16.5. The van der Waals surface area contributed by atoms with Gasteiger partial charge in [-0.2, -0.15) is 0 Å². The third-order valence-corrected chi connectivity index (χ3v) is 3.26. The van der Waals surface area contributed by atoms with E-state index < -0.39 is 0 Å². The van der Waals surface area contributed by atoms with Crippen LogP contribution in [-0.2, 0) is 9.53 Å². The molecule has 1 fully saturated rings. The molecule has 0 spiro atoms. The lowest BCUT2D eigenvalue weighted by atomic mass is 10.1. The molecule has 0 aromatic carbocycles. The van der Waals surface area contributed by atoms with Gasteiger partial charge < -0.3 is 15.4 Å². The van der Waals surface area contributed by atoms with Crippen molar-refractivity contribution >= 4 is 5.91 Å². The van der Waals surface area contributed by atoms with E-state index in [1.807, 2.05) is 6.92 Å². The maximum absolute atomic E-state index is 11.7. The molecule has 4 heteroatoms. The first-order valence-electron chi connectivity index (χ1n) is 7.22. The Kier molecular flexibility index (Phi) is 7.28. The van der Waals surface area contributed by atoms with Crippen molar-refractivity contribution < 1.29 is 9.53 Å². The Bertz CT molecular complexity index is 238. The van der Waals surface area contributed by atoms with Crippen LogP contribution in [-0.4, -0.2) is 37.7 Å². The maximum Gasteiger partial charge on any atom is 0.236 e. The number of carbonyl (C=O) groups excluding carboxylic acids is 1. The fourth-order valence-corrected chi connectivity index (χ4v) is 2.07. The molecule has 4 nitrogen and oxygen atoms in total. The molecule has 2 atom stereocenters. The highest BCUT2D eigenvalue weighted by Crippen LogP contribution is 2.16. The first-order chi connectivity index (χ1) is 8.59. The van der Waals surface area contributed by atoms with Crippen LogP contribution in [0.15, 0.2) is 0 Å². The second-order valence-corrected chi connectivity index (χ2v) is 5.59. The summed E-state index contributed by atoms with van der Waals surface area (Å²) in [7, 11) is 0. The number of nitrogens with one attached hydrogen (secondary N) is 2. The Hall–Kier alpha value is -0.610. The number of rotatable bonds is 8. The smallest absolute Gasteiger partial charge is 0.236 e. The van der Waals surface area contributed by atoms with Crippen LogP contribution in [0.3, 0.4) is 0 Å². The average Bonchev–Trinajstić information content (AvgIpc) is 2.84. The molecule has 2 unspecified atom stereocenters. The second-order valence-electron chi connectivity index (χ2n) is 5.59. The normalized spacial score (nSPS) is 21.2. The van der Waals surface area contributed by atoms with Gasteiger partial charge in [-0.05, 0) is 45.1 Å². The monoisotopic (exact) mass is 256 g/mol. The van der Waals surface area contributed by atoms with E-state index in [2.05, 4.69) is 24.5 Å². The van der Waals surface area contributed by atoms with Crippen LogP contribution in [0.5, 0.6) is 0 Å². The Balaban J connectivity index is 2.01. The number of hydrogen-bond acceptors (Lipinski definition) is 3. The van der Waals surface area contributed by atoms with E-state index >= 15 is 0 Å². The topological polar surface area (TPSA) is 50.4 Å². The Labute approximate surface area is 111 Å². The number of amides is 1. The molecule has 1 heterocycles. The van der Waals surface area contributed by atoms with Gasteiger partial charge in [0.25, 0.3) is 0 Å². The highest BCUT2D eigenvalue weighted by molar-refractivity contribution is 5.81. The van der Waals surface area contributed by atoms with E-state index in [-0.39, 0.29) is 11.9 Å². The van der Waals surface area contributed by atoms with Gasteiger partial charge in [0.05, 0.1) is 12.1 Å². The van der Waals surface area contributed by atoms with E-state index in [1.54, 1.807) is 0 Å². The van der Waals surface area contributed by atoms with Crippen LogP contribution in [0.25, 0.3) is 0 Å². The zero-order valence-corrected chi connectivity index (χ0v) is 12.0. The van der Waals surface area contributed by atoms with Gasteiger partial charge in [0.2, 0.25) is 5.91 Å². The van der Waals surface area contributed by atoms with Crippen LogP contribution in [0.2, 0.25) is 0 Å². The van der Waals surface area contributed by atoms with Crippen molar-refractivity contribution in [1.29, 1.82) is 0 Å². The van der Waals surface area contributed by atoms with Gasteiger partial charge in [0.15, 0.2) is 0 Å². The summed E-state index contributed by atoms with van der Waals surface area (Å²) in [5.74, 6) is 0.599. The SMILES string of the molecule is CC(C)CNC(=O)C(C)NCCCC1CCCO1. The molecule has 1 saturated heterocycles. The minimum atomic E-state index is -0.103. The zero-order chi connectivity index (χ0) is 13.4. The summed E-state index contributed by atoms with van der Waals surface area (Å²) in [5.41, 5.74) is 0. The average molecular weight is 256 g/mol. The predicted molar refractivity (Wildman–Crippen MR) is 73.5 cm³/mol. The summed E-state index contributed by atoms with van der Waals surface area (Å²) < 4.78 is 5.57. The summed E-state index contributed by atoms with van der Waals surface area (Å²) in [6, 6.07) is -0.103. The third-order valence-electron chi connectivity index (χ3n) is 3.26. The Morgan fingerprint density at radius 2 is 2.17 bits per heavy atom. The number of hydrogen-bond donors (Lipinski definition) is 2. The lowest BCUT2D eigenvalue weighted by Crippen LogP contribution is -2.43. The van der Waals surface area contributed by atoms with Gasteiger partial charge >= 0.3 is 0 Å². The third kappa shape index (κ3) is 6.36. The molecule has 0 radical (unpaired) electrons. The Morgan fingerprint density at radius 3 is 2.78 bits per heavy atom. The standard InChI is InChI=1S/C14H28N2O2/c1-11(2)10-16-14(17)12(3)15-8-4-6-13-7-5-9-18-13/h11-13,15H,4-10H2,1-3H3,(H,16,17). The van der Waals surface area contributed by atoms with E-state index in [1.165, 1.54) is 12.8 Å². The van der Waals surface area contributed by atoms with Crippen LogP contribution >= 0.6 is 0 Å². The fourth-order valence-electron chi connectivity index (χ4n) is 2.07. The maximum atomic E-state index is 11.7. The molecular weight excluding hydrogens is 228 g/mol. The first-order valence-corrected chi connectivity index (χ1v) is 7.22. The largest absolute Gasteiger partial charge is 0.378 e. The van der Waals surface area contributed by atoms with E-state index in [0.717, 1.165) is 32.5 Å². The summed E-state index contributed by atoms with van der Waals surface area (Å²) in [6.07, 6.45) is 5.04. The number of ether oxygens (including phenoxy) is 1. The summed E-state index contributed by atoms with van der Waals surface area (Å²) in [4.78, 5) is 11.7. The van der Waals surface area contributed by atoms with Crippen molar-refractivity contribution in [1.82, 2.24) is 10.6 Å². The van der Waals surface area contributed by atoms with Crippen molar-refractivity contribution in [3.05, 3.63) is 0 Å². The molecule has 1 aliphatic rings. The van der Waals surface area contributed by atoms with Crippen LogP contribution in [0.1, 0.15) is 46.5 Å². The van der Waals surface area contributed by atoms with E-state index in [4.69, 9.17) is 4.74 Å². The summed E-state index contributed by atoms with van der Waals surface area (Å²) >= 11 is 0. The molecule has 0 aliphatic carbocycles. The van der Waals surface area contributed by atoms with Gasteiger partial charge in [-0.25, -0.2) is 0 Å². The van der Waals surface area contributed by atoms with Crippen molar-refractivity contribution in [2.75, 3.05) is 19.7 Å². The number of carbonyl (C=O) groups is 1. The van der Waals surface area contributed by atoms with Crippen LogP contribution < -0.4 is 10.6 Å². The lowest BCUT2D eigenvalue weighted by Gasteiger charge is -2.15. The molecule has 0 aromatic heterocycles. The minimum absolute atomic E-state index is 0.0980. The van der Waals surface area contributed by atoms with E-state index in [9.17, 15) is 4.79 Å².